The third-order valence-electron chi connectivity index (χ3n) is 2.72. The van der Waals surface area contributed by atoms with E-state index in [2.05, 4.69) is 5.32 Å². The van der Waals surface area contributed by atoms with Crippen molar-refractivity contribution in [3.8, 4) is 0 Å². The lowest BCUT2D eigenvalue weighted by Crippen LogP contribution is -2.26. The summed E-state index contributed by atoms with van der Waals surface area (Å²) in [4.78, 5) is 20.2. The molecule has 110 valence electrons. The molecule has 0 saturated carbocycles. The maximum absolute atomic E-state index is 11.0. The van der Waals surface area contributed by atoms with Crippen molar-refractivity contribution < 1.29 is 15.0 Å². The van der Waals surface area contributed by atoms with Gasteiger partial charge in [-0.05, 0) is 18.4 Å². The zero-order valence-electron chi connectivity index (χ0n) is 11.3. The molecular formula is C12H17N3O5. The van der Waals surface area contributed by atoms with E-state index in [0.717, 1.165) is 6.07 Å². The lowest BCUT2D eigenvalue weighted by Gasteiger charge is -2.19. The van der Waals surface area contributed by atoms with Gasteiger partial charge in [0.2, 0.25) is 0 Å². The van der Waals surface area contributed by atoms with Crippen LogP contribution in [-0.2, 0) is 0 Å². The minimum absolute atomic E-state index is 0.167. The highest BCUT2D eigenvalue weighted by atomic mass is 16.6. The molecule has 1 rings (SSSR count). The van der Waals surface area contributed by atoms with E-state index in [1.165, 1.54) is 12.1 Å². The van der Waals surface area contributed by atoms with E-state index >= 15 is 0 Å². The second-order valence-corrected chi connectivity index (χ2v) is 4.87. The first-order valence-electron chi connectivity index (χ1n) is 6.15. The van der Waals surface area contributed by atoms with Gasteiger partial charge in [0.25, 0.3) is 11.4 Å². The van der Waals surface area contributed by atoms with Crippen LogP contribution in [0.3, 0.4) is 0 Å². The van der Waals surface area contributed by atoms with Crippen molar-refractivity contribution in [1.82, 2.24) is 0 Å². The van der Waals surface area contributed by atoms with Crippen LogP contribution in [-0.4, -0.2) is 27.6 Å². The molecule has 0 heterocycles. The van der Waals surface area contributed by atoms with Gasteiger partial charge in [0.05, 0.1) is 22.5 Å². The van der Waals surface area contributed by atoms with E-state index in [0.29, 0.717) is 12.3 Å². The Labute approximate surface area is 115 Å². The van der Waals surface area contributed by atoms with Crippen molar-refractivity contribution in [2.75, 3.05) is 11.9 Å². The van der Waals surface area contributed by atoms with Crippen molar-refractivity contribution >= 4 is 17.1 Å². The zero-order valence-corrected chi connectivity index (χ0v) is 11.3. The van der Waals surface area contributed by atoms with Gasteiger partial charge in [-0.3, -0.25) is 20.2 Å². The van der Waals surface area contributed by atoms with E-state index in [1.54, 1.807) is 0 Å². The predicted molar refractivity (Wildman–Crippen MR) is 73.7 cm³/mol. The van der Waals surface area contributed by atoms with Crippen LogP contribution in [0.5, 0.6) is 0 Å². The summed E-state index contributed by atoms with van der Waals surface area (Å²) in [5, 5.41) is 33.7. The number of rotatable bonds is 7. The highest BCUT2D eigenvalue weighted by molar-refractivity contribution is 5.65. The summed E-state index contributed by atoms with van der Waals surface area (Å²) in [6.07, 6.45) is 0.630. The molecule has 0 aliphatic heterocycles. The fraction of sp³-hybridized carbons (Fsp3) is 0.500. The van der Waals surface area contributed by atoms with Crippen LogP contribution in [0.25, 0.3) is 0 Å². The van der Waals surface area contributed by atoms with Gasteiger partial charge in [-0.2, -0.15) is 0 Å². The van der Waals surface area contributed by atoms with Gasteiger partial charge in [-0.25, -0.2) is 0 Å². The van der Waals surface area contributed by atoms with Crippen molar-refractivity contribution in [1.29, 1.82) is 0 Å². The van der Waals surface area contributed by atoms with Crippen molar-refractivity contribution in [3.63, 3.8) is 0 Å². The van der Waals surface area contributed by atoms with Crippen LogP contribution in [0.15, 0.2) is 18.2 Å². The van der Waals surface area contributed by atoms with E-state index < -0.39 is 9.85 Å². The fourth-order valence-corrected chi connectivity index (χ4v) is 1.87. The van der Waals surface area contributed by atoms with Gasteiger partial charge in [-0.15, -0.1) is 0 Å². The molecule has 1 atom stereocenters. The average molecular weight is 283 g/mol. The minimum Gasteiger partial charge on any atom is -0.394 e. The number of aliphatic hydroxyl groups is 1. The van der Waals surface area contributed by atoms with Gasteiger partial charge < -0.3 is 10.4 Å². The number of aliphatic hydroxyl groups excluding tert-OH is 1. The summed E-state index contributed by atoms with van der Waals surface area (Å²) in [5.74, 6) is 0.303. The first-order valence-corrected chi connectivity index (χ1v) is 6.15. The number of non-ortho nitro benzene ring substituents is 1. The Morgan fingerprint density at radius 2 is 1.90 bits per heavy atom. The number of anilines is 1. The summed E-state index contributed by atoms with van der Waals surface area (Å²) < 4.78 is 0. The maximum atomic E-state index is 11.0. The minimum atomic E-state index is -0.686. The Morgan fingerprint density at radius 1 is 1.25 bits per heavy atom. The topological polar surface area (TPSA) is 119 Å². The molecule has 1 aromatic rings. The van der Waals surface area contributed by atoms with Crippen molar-refractivity contribution in [2.45, 2.75) is 26.3 Å². The summed E-state index contributed by atoms with van der Waals surface area (Å²) >= 11 is 0. The zero-order chi connectivity index (χ0) is 15.3. The Bertz CT molecular complexity index is 504. The van der Waals surface area contributed by atoms with Gasteiger partial charge in [0.1, 0.15) is 5.69 Å². The quantitative estimate of drug-likeness (QED) is 0.585. The smallest absolute Gasteiger partial charge is 0.299 e. The molecule has 0 saturated heterocycles. The second kappa shape index (κ2) is 6.80. The highest BCUT2D eigenvalue weighted by Crippen LogP contribution is 2.29. The number of benzene rings is 1. The maximum Gasteiger partial charge on any atom is 0.299 e. The molecule has 2 N–H and O–H groups in total. The molecule has 0 radical (unpaired) electrons. The molecule has 20 heavy (non-hydrogen) atoms. The Hall–Kier alpha value is -2.22. The molecule has 0 aliphatic carbocycles. The molecule has 8 nitrogen and oxygen atoms in total. The Morgan fingerprint density at radius 3 is 2.35 bits per heavy atom. The standard InChI is InChI=1S/C12H17N3O5/c1-8(2)5-9(7-16)13-11-4-3-10(14(17)18)6-12(11)15(19)20/h3-4,6,8-9,13,16H,5,7H2,1-2H3. The number of hydrogen-bond acceptors (Lipinski definition) is 6. The molecule has 0 amide bonds. The first kappa shape index (κ1) is 15.8. The molecule has 0 fully saturated rings. The third-order valence-corrected chi connectivity index (χ3v) is 2.72. The van der Waals surface area contributed by atoms with E-state index in [4.69, 9.17) is 0 Å². The van der Waals surface area contributed by atoms with Gasteiger partial charge in [0.15, 0.2) is 0 Å². The SMILES string of the molecule is CC(C)CC(CO)Nc1ccc([N+](=O)[O-])cc1[N+](=O)[O-]. The molecule has 8 heteroatoms. The molecule has 0 aromatic heterocycles. The fourth-order valence-electron chi connectivity index (χ4n) is 1.87. The normalized spacial score (nSPS) is 12.2. The lowest BCUT2D eigenvalue weighted by molar-refractivity contribution is -0.393. The van der Waals surface area contributed by atoms with Crippen LogP contribution in [0.4, 0.5) is 17.1 Å². The average Bonchev–Trinajstić information content (AvgIpc) is 2.37. The molecule has 1 unspecified atom stereocenters. The van der Waals surface area contributed by atoms with Crippen LogP contribution < -0.4 is 5.32 Å². The van der Waals surface area contributed by atoms with Crippen LogP contribution in [0, 0.1) is 26.1 Å². The highest BCUT2D eigenvalue weighted by Gasteiger charge is 2.21. The van der Waals surface area contributed by atoms with Gasteiger partial charge in [-0.1, -0.05) is 13.8 Å². The van der Waals surface area contributed by atoms with E-state index in [9.17, 15) is 25.3 Å². The summed E-state index contributed by atoms with van der Waals surface area (Å²) in [6, 6.07) is 3.06. The monoisotopic (exact) mass is 283 g/mol. The van der Waals surface area contributed by atoms with Gasteiger partial charge >= 0.3 is 0 Å². The Kier molecular flexibility index (Phi) is 5.39. The number of nitrogens with one attached hydrogen (secondary N) is 1. The Balaban J connectivity index is 3.04. The largest absolute Gasteiger partial charge is 0.394 e. The predicted octanol–water partition coefficient (Wildman–Crippen LogP) is 2.32. The van der Waals surface area contributed by atoms with Crippen molar-refractivity contribution in [2.24, 2.45) is 5.92 Å². The van der Waals surface area contributed by atoms with E-state index in [-0.39, 0.29) is 29.7 Å². The van der Waals surface area contributed by atoms with Crippen LogP contribution in [0.2, 0.25) is 0 Å². The molecular weight excluding hydrogens is 266 g/mol. The summed E-state index contributed by atoms with van der Waals surface area (Å²) in [6.45, 7) is 3.76. The van der Waals surface area contributed by atoms with Gasteiger partial charge in [0, 0.05) is 12.1 Å². The molecule has 0 spiro atoms. The second-order valence-electron chi connectivity index (χ2n) is 4.87. The molecule has 1 aromatic carbocycles. The van der Waals surface area contributed by atoms with E-state index in [1.807, 2.05) is 13.8 Å². The number of nitro groups is 2. The summed E-state index contributed by atoms with van der Waals surface area (Å²) in [7, 11) is 0. The number of nitro benzene ring substituents is 2. The number of hydrogen-bond donors (Lipinski definition) is 2. The molecule has 0 bridgehead atoms. The molecule has 0 aliphatic rings. The van der Waals surface area contributed by atoms with Crippen LogP contribution in [0.1, 0.15) is 20.3 Å². The number of nitrogens with zero attached hydrogens (tertiary/aromatic N) is 2. The third kappa shape index (κ3) is 4.16. The first-order chi connectivity index (χ1) is 9.35. The van der Waals surface area contributed by atoms with Crippen molar-refractivity contribution in [3.05, 3.63) is 38.4 Å². The summed E-state index contributed by atoms with van der Waals surface area (Å²) in [5.41, 5.74) is -0.548. The van der Waals surface area contributed by atoms with Crippen LogP contribution >= 0.6 is 0 Å². The lowest BCUT2D eigenvalue weighted by atomic mass is 10.0.